The van der Waals surface area contributed by atoms with E-state index in [0.717, 1.165) is 44.5 Å². The van der Waals surface area contributed by atoms with Gasteiger partial charge in [-0.2, -0.15) is 0 Å². The van der Waals surface area contributed by atoms with E-state index in [1.54, 1.807) is 5.56 Å². The van der Waals surface area contributed by atoms with Crippen molar-refractivity contribution in [3.63, 3.8) is 0 Å². The molecule has 0 aliphatic heterocycles. The first-order chi connectivity index (χ1) is 30.5. The summed E-state index contributed by atoms with van der Waals surface area (Å²) in [6.45, 7) is 5.09. The Hall–Kier alpha value is -6.91. The number of hydrogen-bond donors (Lipinski definition) is 0. The molecule has 2 saturated carbocycles. The summed E-state index contributed by atoms with van der Waals surface area (Å²) in [6.07, 6.45) is 5.16. The van der Waals surface area contributed by atoms with Gasteiger partial charge < -0.3 is 4.42 Å². The average molecular weight is 800 g/mol. The van der Waals surface area contributed by atoms with E-state index >= 15 is 0 Å². The number of para-hydroxylation sites is 1. The van der Waals surface area contributed by atoms with Gasteiger partial charge >= 0.3 is 0 Å². The van der Waals surface area contributed by atoms with Crippen LogP contribution in [0.5, 0.6) is 0 Å². The van der Waals surface area contributed by atoms with Gasteiger partial charge in [0.15, 0.2) is 17.5 Å². The van der Waals surface area contributed by atoms with Crippen LogP contribution in [0, 0.1) is 23.7 Å². The molecule has 13 rings (SSSR count). The van der Waals surface area contributed by atoms with Crippen LogP contribution in [0.3, 0.4) is 0 Å². The Morgan fingerprint density at radius 1 is 0.468 bits per heavy atom. The molecule has 8 aromatic carbocycles. The molecule has 0 radical (unpaired) electrons. The first kappa shape index (κ1) is 35.8. The average Bonchev–Trinajstić information content (AvgIpc) is 3.84. The van der Waals surface area contributed by atoms with Crippen molar-refractivity contribution in [3.05, 3.63) is 175 Å². The molecule has 2 fully saturated rings. The summed E-state index contributed by atoms with van der Waals surface area (Å²) in [5.74, 6) is 4.47. The zero-order chi connectivity index (χ0) is 41.1. The number of nitrogens with zero attached hydrogens (tertiary/aromatic N) is 3. The Kier molecular flexibility index (Phi) is 7.82. The van der Waals surface area contributed by atoms with Crippen LogP contribution in [-0.2, 0) is 5.41 Å². The number of benzene rings is 8. The highest BCUT2D eigenvalue weighted by molar-refractivity contribution is 6.11. The highest BCUT2D eigenvalue weighted by Crippen LogP contribution is 2.67. The molecule has 0 N–H and O–H groups in total. The fraction of sp³-hybridized carbons (Fsp3) is 0.190. The Bertz CT molecular complexity index is 3440. The maximum absolute atomic E-state index is 6.34. The minimum atomic E-state index is -0.106. The van der Waals surface area contributed by atoms with Crippen LogP contribution in [0.25, 0.3) is 99.9 Å². The van der Waals surface area contributed by atoms with Gasteiger partial charge in [-0.15, -0.1) is 0 Å². The van der Waals surface area contributed by atoms with Crippen LogP contribution in [0.1, 0.15) is 50.7 Å². The van der Waals surface area contributed by atoms with E-state index in [0.29, 0.717) is 35.2 Å². The summed E-state index contributed by atoms with van der Waals surface area (Å²) in [5, 5.41) is 7.43. The molecule has 3 aliphatic carbocycles. The molecule has 298 valence electrons. The number of aromatic nitrogens is 3. The van der Waals surface area contributed by atoms with Gasteiger partial charge in [0.25, 0.3) is 0 Å². The van der Waals surface area contributed by atoms with Crippen molar-refractivity contribution in [3.8, 4) is 56.4 Å². The predicted molar refractivity (Wildman–Crippen MR) is 254 cm³/mol. The van der Waals surface area contributed by atoms with Crippen molar-refractivity contribution in [1.82, 2.24) is 15.0 Å². The topological polar surface area (TPSA) is 51.8 Å². The Morgan fingerprint density at radius 2 is 1.11 bits per heavy atom. The molecule has 2 heterocycles. The smallest absolute Gasteiger partial charge is 0.164 e. The lowest BCUT2D eigenvalue weighted by molar-refractivity contribution is 0.0429. The quantitative estimate of drug-likeness (QED) is 0.178. The second-order valence-corrected chi connectivity index (χ2v) is 18.5. The van der Waals surface area contributed by atoms with E-state index < -0.39 is 0 Å². The van der Waals surface area contributed by atoms with Gasteiger partial charge in [0.05, 0.1) is 0 Å². The molecule has 10 aromatic rings. The van der Waals surface area contributed by atoms with Gasteiger partial charge in [-0.3, -0.25) is 0 Å². The molecule has 4 nitrogen and oxygen atoms in total. The number of fused-ring (bicyclic) bond motifs is 14. The van der Waals surface area contributed by atoms with Crippen LogP contribution in [0.15, 0.2) is 168 Å². The second kappa shape index (κ2) is 13.5. The monoisotopic (exact) mass is 799 g/mol. The van der Waals surface area contributed by atoms with Gasteiger partial charge in [0.1, 0.15) is 11.2 Å². The fourth-order valence-electron chi connectivity index (χ4n) is 12.7. The maximum Gasteiger partial charge on any atom is 0.164 e. The summed E-state index contributed by atoms with van der Waals surface area (Å²) in [5.41, 5.74) is 12.9. The molecule has 2 bridgehead atoms. The highest BCUT2D eigenvalue weighted by Gasteiger charge is 2.58. The van der Waals surface area contributed by atoms with Crippen molar-refractivity contribution in [2.24, 2.45) is 23.7 Å². The lowest BCUT2D eigenvalue weighted by Crippen LogP contribution is -2.49. The standard InChI is InChI=1S/C58H45N3O/c1-34-27-36-29-35(2)58(43(28-34)30-36)49-26-24-37-13-6-8-19-44(37)53(49)48-32-39-16-7-9-20-45(39)52(54(48)58)40-17-12-18-41(31-40)56-59-55(38-14-4-3-5-15-38)60-57(61-56)42-23-25-47-46-21-10-11-22-50(46)62-51(47)33-42/h3-26,31-36,43H,27-30H2,1-2H3. The van der Waals surface area contributed by atoms with Crippen molar-refractivity contribution >= 4 is 43.5 Å². The van der Waals surface area contributed by atoms with E-state index in [4.69, 9.17) is 19.4 Å². The molecule has 5 atom stereocenters. The summed E-state index contributed by atoms with van der Waals surface area (Å²) in [7, 11) is 0. The van der Waals surface area contributed by atoms with Crippen molar-refractivity contribution in [1.29, 1.82) is 0 Å². The molecule has 1 spiro atoms. The first-order valence-corrected chi connectivity index (χ1v) is 22.4. The van der Waals surface area contributed by atoms with E-state index in [1.165, 1.54) is 75.0 Å². The summed E-state index contributed by atoms with van der Waals surface area (Å²) in [6, 6.07) is 59.4. The third-order valence-electron chi connectivity index (χ3n) is 15.0. The Balaban J connectivity index is 1.05. The van der Waals surface area contributed by atoms with E-state index in [9.17, 15) is 0 Å². The minimum Gasteiger partial charge on any atom is -0.456 e. The molecule has 4 heteroatoms. The van der Waals surface area contributed by atoms with Crippen LogP contribution < -0.4 is 0 Å². The molecule has 0 saturated heterocycles. The van der Waals surface area contributed by atoms with Gasteiger partial charge in [-0.05, 0) is 135 Å². The van der Waals surface area contributed by atoms with Crippen molar-refractivity contribution < 1.29 is 4.42 Å². The molecule has 5 unspecified atom stereocenters. The highest BCUT2D eigenvalue weighted by atomic mass is 16.3. The fourth-order valence-corrected chi connectivity index (χ4v) is 12.7. The number of furan rings is 1. The largest absolute Gasteiger partial charge is 0.456 e. The van der Waals surface area contributed by atoms with E-state index in [1.807, 2.05) is 30.3 Å². The third kappa shape index (κ3) is 5.22. The molecule has 2 aromatic heterocycles. The lowest BCUT2D eigenvalue weighted by atomic mass is 9.49. The van der Waals surface area contributed by atoms with Gasteiger partial charge in [0, 0.05) is 32.9 Å². The third-order valence-corrected chi connectivity index (χ3v) is 15.0. The van der Waals surface area contributed by atoms with Gasteiger partial charge in [0.2, 0.25) is 0 Å². The van der Waals surface area contributed by atoms with Crippen molar-refractivity contribution in [2.75, 3.05) is 0 Å². The van der Waals surface area contributed by atoms with Crippen LogP contribution >= 0.6 is 0 Å². The lowest BCUT2D eigenvalue weighted by Gasteiger charge is -2.55. The van der Waals surface area contributed by atoms with Crippen molar-refractivity contribution in [2.45, 2.75) is 44.9 Å². The zero-order valence-electron chi connectivity index (χ0n) is 35.0. The zero-order valence-corrected chi connectivity index (χ0v) is 35.0. The maximum atomic E-state index is 6.34. The van der Waals surface area contributed by atoms with Crippen LogP contribution in [0.4, 0.5) is 0 Å². The van der Waals surface area contributed by atoms with Gasteiger partial charge in [-0.25, -0.2) is 15.0 Å². The van der Waals surface area contributed by atoms with E-state index in [2.05, 4.69) is 147 Å². The minimum absolute atomic E-state index is 0.106. The van der Waals surface area contributed by atoms with Gasteiger partial charge in [-0.1, -0.05) is 147 Å². The summed E-state index contributed by atoms with van der Waals surface area (Å²) < 4.78 is 6.34. The molecule has 0 amide bonds. The van der Waals surface area contributed by atoms with E-state index in [-0.39, 0.29) is 5.41 Å². The Labute approximate surface area is 361 Å². The molecule has 62 heavy (non-hydrogen) atoms. The van der Waals surface area contributed by atoms with Crippen LogP contribution in [-0.4, -0.2) is 15.0 Å². The number of rotatable bonds is 4. The number of hydrogen-bond acceptors (Lipinski definition) is 4. The summed E-state index contributed by atoms with van der Waals surface area (Å²) >= 11 is 0. The normalized spacial score (nSPS) is 21.5. The summed E-state index contributed by atoms with van der Waals surface area (Å²) in [4.78, 5) is 15.6. The molecular formula is C58H45N3O. The first-order valence-electron chi connectivity index (χ1n) is 22.4. The second-order valence-electron chi connectivity index (χ2n) is 18.5. The van der Waals surface area contributed by atoms with Crippen LogP contribution in [0.2, 0.25) is 0 Å². The Morgan fingerprint density at radius 3 is 1.94 bits per heavy atom. The molecule has 3 aliphatic rings. The predicted octanol–water partition coefficient (Wildman–Crippen LogP) is 15.1. The SMILES string of the molecule is CC1CC2CC(C)C3(c4ccc5ccccc5c4-c4cc5ccccc5c(-c5cccc(-c6nc(-c7ccccc7)nc(-c7ccc8c(c7)oc7ccccc78)n6)c5)c43)C(C1)C2. The molecular weight excluding hydrogens is 755 g/mol.